The summed E-state index contributed by atoms with van der Waals surface area (Å²) in [5, 5.41) is 32.9. The van der Waals surface area contributed by atoms with Crippen LogP contribution in [0.2, 0.25) is 0 Å². The predicted molar refractivity (Wildman–Crippen MR) is 99.4 cm³/mol. The largest absolute Gasteiger partial charge is 0.500 e. The highest BCUT2D eigenvalue weighted by molar-refractivity contribution is 6.10. The number of amides is 1. The van der Waals surface area contributed by atoms with E-state index in [9.17, 15) is 25.3 Å². The minimum absolute atomic E-state index is 0.136. The van der Waals surface area contributed by atoms with E-state index in [1.54, 1.807) is 18.2 Å². The molecule has 8 nitrogen and oxygen atoms in total. The molecule has 0 saturated heterocycles. The van der Waals surface area contributed by atoms with E-state index in [1.165, 1.54) is 19.3 Å². The van der Waals surface area contributed by atoms with Crippen molar-refractivity contribution in [2.24, 2.45) is 0 Å². The maximum Gasteiger partial charge on any atom is 0.315 e. The number of hydrogen-bond acceptors (Lipinski definition) is 6. The Balaban J connectivity index is 2.42. The van der Waals surface area contributed by atoms with Crippen molar-refractivity contribution in [1.29, 1.82) is 5.26 Å². The van der Waals surface area contributed by atoms with Crippen molar-refractivity contribution in [3.63, 3.8) is 0 Å². The number of nitro benzene ring substituents is 1. The number of phenolic OH excluding ortho intramolecular Hbond substituents is 1. The zero-order valence-electron chi connectivity index (χ0n) is 14.9. The van der Waals surface area contributed by atoms with Gasteiger partial charge in [0.1, 0.15) is 11.6 Å². The number of phenols is 1. The van der Waals surface area contributed by atoms with Crippen LogP contribution >= 0.6 is 0 Å². The molecular weight excluding hydrogens is 350 g/mol. The number of aryl methyl sites for hydroxylation is 1. The Hall–Kier alpha value is -3.86. The van der Waals surface area contributed by atoms with Crippen LogP contribution in [0.1, 0.15) is 16.7 Å². The Bertz CT molecular complexity index is 990. The summed E-state index contributed by atoms with van der Waals surface area (Å²) in [6.07, 6.45) is 1.19. The molecule has 0 aliphatic rings. The highest BCUT2D eigenvalue weighted by Gasteiger charge is 2.20. The van der Waals surface area contributed by atoms with Crippen molar-refractivity contribution in [1.82, 2.24) is 0 Å². The van der Waals surface area contributed by atoms with Gasteiger partial charge in [-0.25, -0.2) is 0 Å². The molecule has 2 aromatic carbocycles. The fourth-order valence-electron chi connectivity index (χ4n) is 2.38. The van der Waals surface area contributed by atoms with E-state index >= 15 is 0 Å². The molecule has 0 heterocycles. The lowest BCUT2D eigenvalue weighted by molar-refractivity contribution is -0.386. The van der Waals surface area contributed by atoms with Gasteiger partial charge in [-0.3, -0.25) is 14.9 Å². The van der Waals surface area contributed by atoms with Crippen LogP contribution in [0.15, 0.2) is 35.9 Å². The Labute approximate surface area is 155 Å². The first-order chi connectivity index (χ1) is 12.8. The minimum Gasteiger partial charge on any atom is -0.500 e. The van der Waals surface area contributed by atoms with E-state index in [2.05, 4.69) is 5.32 Å². The maximum atomic E-state index is 12.4. The van der Waals surface area contributed by atoms with Gasteiger partial charge >= 0.3 is 5.69 Å². The van der Waals surface area contributed by atoms with Crippen LogP contribution in [0.4, 0.5) is 11.4 Å². The van der Waals surface area contributed by atoms with E-state index in [0.717, 1.165) is 17.2 Å². The second-order valence-electron chi connectivity index (χ2n) is 5.72. The van der Waals surface area contributed by atoms with Crippen molar-refractivity contribution < 1.29 is 19.6 Å². The zero-order valence-corrected chi connectivity index (χ0v) is 14.9. The molecular formula is C19H17N3O5. The molecule has 0 spiro atoms. The summed E-state index contributed by atoms with van der Waals surface area (Å²) in [4.78, 5) is 22.7. The lowest BCUT2D eigenvalue weighted by atomic mass is 10.1. The molecule has 2 aromatic rings. The third-order valence-electron chi connectivity index (χ3n) is 4.02. The monoisotopic (exact) mass is 367 g/mol. The molecule has 0 radical (unpaired) electrons. The predicted octanol–water partition coefficient (Wildman–Crippen LogP) is 3.47. The van der Waals surface area contributed by atoms with E-state index in [-0.39, 0.29) is 16.9 Å². The number of methoxy groups -OCH3 is 1. The van der Waals surface area contributed by atoms with Gasteiger partial charge in [0.25, 0.3) is 5.91 Å². The number of hydrogen-bond donors (Lipinski definition) is 2. The average Bonchev–Trinajstić information content (AvgIpc) is 2.64. The number of ether oxygens (including phenoxy) is 1. The van der Waals surface area contributed by atoms with Crippen molar-refractivity contribution in [2.45, 2.75) is 13.8 Å². The number of nitriles is 1. The molecule has 0 bridgehead atoms. The normalized spacial score (nSPS) is 10.8. The van der Waals surface area contributed by atoms with Gasteiger partial charge in [0, 0.05) is 11.8 Å². The number of nitrogens with zero attached hydrogens (tertiary/aromatic N) is 2. The second kappa shape index (κ2) is 8.01. The number of nitro groups is 1. The number of benzene rings is 2. The number of carbonyl (C=O) groups is 1. The summed E-state index contributed by atoms with van der Waals surface area (Å²) in [5.74, 6) is -1.42. The summed E-state index contributed by atoms with van der Waals surface area (Å²) in [7, 11) is 1.24. The number of nitrogens with one attached hydrogen (secondary N) is 1. The molecule has 138 valence electrons. The summed E-state index contributed by atoms with van der Waals surface area (Å²) < 4.78 is 4.91. The Morgan fingerprint density at radius 2 is 2.07 bits per heavy atom. The number of carbonyl (C=O) groups excluding carboxylic acids is 1. The van der Waals surface area contributed by atoms with Gasteiger partial charge in [0.05, 0.1) is 12.0 Å². The molecule has 0 fully saturated rings. The lowest BCUT2D eigenvalue weighted by Crippen LogP contribution is -2.14. The van der Waals surface area contributed by atoms with Gasteiger partial charge in [-0.05, 0) is 48.7 Å². The summed E-state index contributed by atoms with van der Waals surface area (Å²) in [6.45, 7) is 3.74. The molecule has 0 unspecified atom stereocenters. The molecule has 0 aromatic heterocycles. The first kappa shape index (κ1) is 19.5. The SMILES string of the molecule is COc1cc(/C=C(\C#N)C(=O)Nc2cccc(C)c2C)cc([N+](=O)[O-])c1O. The van der Waals surface area contributed by atoms with E-state index in [0.29, 0.717) is 5.69 Å². The summed E-state index contributed by atoms with van der Waals surface area (Å²) in [5.41, 5.74) is 1.74. The molecule has 27 heavy (non-hydrogen) atoms. The molecule has 0 atom stereocenters. The van der Waals surface area contributed by atoms with Crippen LogP contribution in [-0.4, -0.2) is 23.0 Å². The molecule has 0 saturated carbocycles. The smallest absolute Gasteiger partial charge is 0.315 e. The quantitative estimate of drug-likeness (QED) is 0.361. The van der Waals surface area contributed by atoms with Crippen LogP contribution in [0.3, 0.4) is 0 Å². The first-order valence-electron chi connectivity index (χ1n) is 7.83. The molecule has 2 N–H and O–H groups in total. The standard InChI is InChI=1S/C19H17N3O5/c1-11-5-4-6-15(12(11)2)21-19(24)14(10-20)7-13-8-16(22(25)26)18(23)17(9-13)27-3/h4-9,23H,1-3H3,(H,21,24)/b14-7+. The van der Waals surface area contributed by atoms with Crippen molar-refractivity contribution in [3.05, 3.63) is 62.7 Å². The third-order valence-corrected chi connectivity index (χ3v) is 4.02. The molecule has 1 amide bonds. The summed E-state index contributed by atoms with van der Waals surface area (Å²) >= 11 is 0. The third kappa shape index (κ3) is 4.22. The van der Waals surface area contributed by atoms with Crippen molar-refractivity contribution >= 4 is 23.4 Å². The number of aromatic hydroxyl groups is 1. The number of anilines is 1. The van der Waals surface area contributed by atoms with Crippen LogP contribution in [-0.2, 0) is 4.79 Å². The first-order valence-corrected chi connectivity index (χ1v) is 7.83. The minimum atomic E-state index is -0.780. The highest BCUT2D eigenvalue weighted by atomic mass is 16.6. The fourth-order valence-corrected chi connectivity index (χ4v) is 2.38. The highest BCUT2D eigenvalue weighted by Crippen LogP contribution is 2.37. The Morgan fingerprint density at radius 1 is 1.37 bits per heavy atom. The Morgan fingerprint density at radius 3 is 2.67 bits per heavy atom. The van der Waals surface area contributed by atoms with Gasteiger partial charge in [-0.2, -0.15) is 5.26 Å². The summed E-state index contributed by atoms with van der Waals surface area (Å²) in [6, 6.07) is 9.52. The van der Waals surface area contributed by atoms with Crippen molar-refractivity contribution in [3.8, 4) is 17.6 Å². The number of rotatable bonds is 5. The topological polar surface area (TPSA) is 125 Å². The van der Waals surface area contributed by atoms with Crippen LogP contribution in [0, 0.1) is 35.3 Å². The average molecular weight is 367 g/mol. The van der Waals surface area contributed by atoms with Gasteiger partial charge in [0.2, 0.25) is 5.75 Å². The second-order valence-corrected chi connectivity index (χ2v) is 5.72. The van der Waals surface area contributed by atoms with E-state index in [4.69, 9.17) is 4.74 Å². The van der Waals surface area contributed by atoms with Crippen LogP contribution < -0.4 is 10.1 Å². The fraction of sp³-hybridized carbons (Fsp3) is 0.158. The molecule has 0 aliphatic carbocycles. The van der Waals surface area contributed by atoms with Crippen LogP contribution in [0.25, 0.3) is 6.08 Å². The van der Waals surface area contributed by atoms with E-state index in [1.807, 2.05) is 19.9 Å². The van der Waals surface area contributed by atoms with Crippen LogP contribution in [0.5, 0.6) is 11.5 Å². The van der Waals surface area contributed by atoms with Gasteiger partial charge in [0.15, 0.2) is 5.75 Å². The molecule has 2 rings (SSSR count). The molecule has 8 heteroatoms. The van der Waals surface area contributed by atoms with Gasteiger partial charge in [-0.15, -0.1) is 0 Å². The lowest BCUT2D eigenvalue weighted by Gasteiger charge is -2.10. The molecule has 0 aliphatic heterocycles. The van der Waals surface area contributed by atoms with Crippen molar-refractivity contribution in [2.75, 3.05) is 12.4 Å². The maximum absolute atomic E-state index is 12.4. The zero-order chi connectivity index (χ0) is 20.1. The van der Waals surface area contributed by atoms with Gasteiger partial charge < -0.3 is 15.2 Å². The Kier molecular flexibility index (Phi) is 5.78. The van der Waals surface area contributed by atoms with E-state index < -0.39 is 22.3 Å². The van der Waals surface area contributed by atoms with Gasteiger partial charge in [-0.1, -0.05) is 12.1 Å².